The molecular weight excluding hydrogens is 312 g/mol. The Kier molecular flexibility index (Phi) is 5.49. The highest BCUT2D eigenvalue weighted by atomic mass is 19.3. The first-order valence-electron chi connectivity index (χ1n) is 7.07. The lowest BCUT2D eigenvalue weighted by Gasteiger charge is -2.14. The number of hydrogen-bond acceptors (Lipinski definition) is 4. The average molecular weight is 329 g/mol. The second-order valence-electron chi connectivity index (χ2n) is 5.24. The minimum atomic E-state index is -2.96. The molecule has 1 aliphatic heterocycles. The summed E-state index contributed by atoms with van der Waals surface area (Å²) < 4.78 is 34.3. The number of halogens is 2. The summed E-state index contributed by atoms with van der Waals surface area (Å²) in [5.74, 6) is -1.59. The van der Waals surface area contributed by atoms with Gasteiger partial charge in [-0.3, -0.25) is 4.79 Å². The van der Waals surface area contributed by atoms with Gasteiger partial charge in [0.05, 0.1) is 0 Å². The number of hydrogen-bond donors (Lipinski definition) is 2. The monoisotopic (exact) mass is 329 g/mol. The van der Waals surface area contributed by atoms with E-state index >= 15 is 0 Å². The van der Waals surface area contributed by atoms with Gasteiger partial charge in [-0.25, -0.2) is 4.79 Å². The Morgan fingerprint density at radius 3 is 2.70 bits per heavy atom. The van der Waals surface area contributed by atoms with Crippen molar-refractivity contribution in [2.24, 2.45) is 0 Å². The predicted molar refractivity (Wildman–Crippen MR) is 75.2 cm³/mol. The van der Waals surface area contributed by atoms with Crippen LogP contribution < -0.4 is 10.1 Å². The third-order valence-corrected chi connectivity index (χ3v) is 3.47. The Bertz CT molecular complexity index is 593. The predicted octanol–water partition coefficient (Wildman–Crippen LogP) is 1.84. The van der Waals surface area contributed by atoms with Crippen molar-refractivity contribution in [1.29, 1.82) is 0 Å². The van der Waals surface area contributed by atoms with Gasteiger partial charge in [-0.15, -0.1) is 0 Å². The standard InChI is InChI=1S/C15H17F2NO5/c1-8-2-3-10(23-15(16)17)9(6-8)7-18-13(19)11-4-5-12(22-11)14(20)21/h2-3,6,11-12,15H,4-5,7H2,1H3,(H,18,19)(H,20,21)/t11-,12+/m0/s1. The molecule has 2 rings (SSSR count). The number of rotatable bonds is 6. The zero-order valence-electron chi connectivity index (χ0n) is 12.4. The van der Waals surface area contributed by atoms with Gasteiger partial charge in [0.25, 0.3) is 0 Å². The topological polar surface area (TPSA) is 84.9 Å². The van der Waals surface area contributed by atoms with E-state index in [-0.39, 0.29) is 18.7 Å². The first-order valence-corrected chi connectivity index (χ1v) is 7.07. The average Bonchev–Trinajstić information content (AvgIpc) is 2.97. The van der Waals surface area contributed by atoms with Crippen LogP contribution in [-0.2, 0) is 20.9 Å². The lowest BCUT2D eigenvalue weighted by atomic mass is 10.1. The lowest BCUT2D eigenvalue weighted by Crippen LogP contribution is -2.35. The minimum absolute atomic E-state index is 0.0124. The number of carboxylic acid groups (broad SMARTS) is 1. The second-order valence-corrected chi connectivity index (χ2v) is 5.24. The molecule has 23 heavy (non-hydrogen) atoms. The molecule has 6 nitrogen and oxygen atoms in total. The van der Waals surface area contributed by atoms with Crippen molar-refractivity contribution in [3.63, 3.8) is 0 Å². The molecule has 1 amide bonds. The number of alkyl halides is 2. The maximum absolute atomic E-state index is 12.4. The molecule has 0 unspecified atom stereocenters. The highest BCUT2D eigenvalue weighted by Crippen LogP contribution is 2.23. The smallest absolute Gasteiger partial charge is 0.387 e. The Labute approximate surface area is 131 Å². The van der Waals surface area contributed by atoms with Crippen LogP contribution in [0.15, 0.2) is 18.2 Å². The van der Waals surface area contributed by atoms with E-state index in [1.165, 1.54) is 6.07 Å². The van der Waals surface area contributed by atoms with Crippen LogP contribution in [0.2, 0.25) is 0 Å². The van der Waals surface area contributed by atoms with E-state index in [1.807, 2.05) is 0 Å². The molecule has 1 fully saturated rings. The van der Waals surface area contributed by atoms with Crippen LogP contribution in [0.1, 0.15) is 24.0 Å². The van der Waals surface area contributed by atoms with Crippen molar-refractivity contribution in [2.45, 2.75) is 45.1 Å². The quantitative estimate of drug-likeness (QED) is 0.832. The third kappa shape index (κ3) is 4.62. The molecule has 0 saturated carbocycles. The summed E-state index contributed by atoms with van der Waals surface area (Å²) in [7, 11) is 0. The van der Waals surface area contributed by atoms with Crippen LogP contribution in [0, 0.1) is 6.92 Å². The highest BCUT2D eigenvalue weighted by molar-refractivity contribution is 5.82. The molecule has 0 spiro atoms. The maximum atomic E-state index is 12.4. The largest absolute Gasteiger partial charge is 0.479 e. The SMILES string of the molecule is Cc1ccc(OC(F)F)c(CNC(=O)[C@@H]2CC[C@H](C(=O)O)O2)c1. The van der Waals surface area contributed by atoms with Gasteiger partial charge in [0.1, 0.15) is 11.9 Å². The van der Waals surface area contributed by atoms with E-state index in [9.17, 15) is 18.4 Å². The molecule has 1 aliphatic rings. The molecule has 126 valence electrons. The first-order chi connectivity index (χ1) is 10.9. The van der Waals surface area contributed by atoms with Crippen LogP contribution in [0.25, 0.3) is 0 Å². The van der Waals surface area contributed by atoms with Crippen LogP contribution in [0.5, 0.6) is 5.75 Å². The number of aliphatic carboxylic acids is 1. The van der Waals surface area contributed by atoms with Crippen LogP contribution in [0.3, 0.4) is 0 Å². The van der Waals surface area contributed by atoms with E-state index in [1.54, 1.807) is 19.1 Å². The number of ether oxygens (including phenoxy) is 2. The molecule has 1 aromatic rings. The van der Waals surface area contributed by atoms with Crippen molar-refractivity contribution in [3.05, 3.63) is 29.3 Å². The Morgan fingerprint density at radius 2 is 2.09 bits per heavy atom. The van der Waals surface area contributed by atoms with Crippen LogP contribution in [0.4, 0.5) is 8.78 Å². The number of benzene rings is 1. The number of carboxylic acids is 1. The maximum Gasteiger partial charge on any atom is 0.387 e. The molecule has 8 heteroatoms. The van der Waals surface area contributed by atoms with Gasteiger partial charge in [-0.05, 0) is 25.8 Å². The van der Waals surface area contributed by atoms with Gasteiger partial charge < -0.3 is 19.9 Å². The Morgan fingerprint density at radius 1 is 1.39 bits per heavy atom. The number of carbonyl (C=O) groups is 2. The fourth-order valence-corrected chi connectivity index (χ4v) is 2.37. The van der Waals surface area contributed by atoms with Crippen molar-refractivity contribution in [2.75, 3.05) is 0 Å². The zero-order valence-corrected chi connectivity index (χ0v) is 12.4. The van der Waals surface area contributed by atoms with E-state index in [4.69, 9.17) is 9.84 Å². The molecular formula is C15H17F2NO5. The first kappa shape index (κ1) is 17.1. The Balaban J connectivity index is 1.96. The van der Waals surface area contributed by atoms with Gasteiger partial charge in [0.15, 0.2) is 6.10 Å². The summed E-state index contributed by atoms with van der Waals surface area (Å²) in [5.41, 5.74) is 1.24. The van der Waals surface area contributed by atoms with E-state index in [0.717, 1.165) is 5.56 Å². The van der Waals surface area contributed by atoms with Gasteiger partial charge in [0.2, 0.25) is 5.91 Å². The lowest BCUT2D eigenvalue weighted by molar-refractivity contribution is -0.151. The summed E-state index contributed by atoms with van der Waals surface area (Å²) in [6, 6.07) is 4.67. The molecule has 1 aromatic carbocycles. The summed E-state index contributed by atoms with van der Waals surface area (Å²) in [6.45, 7) is -1.18. The third-order valence-electron chi connectivity index (χ3n) is 3.47. The van der Waals surface area contributed by atoms with Crippen molar-refractivity contribution < 1.29 is 33.0 Å². The molecule has 0 radical (unpaired) electrons. The van der Waals surface area contributed by atoms with Crippen LogP contribution in [-0.4, -0.2) is 35.8 Å². The van der Waals surface area contributed by atoms with Crippen LogP contribution >= 0.6 is 0 Å². The molecule has 0 bridgehead atoms. The van der Waals surface area contributed by atoms with Crippen molar-refractivity contribution in [1.82, 2.24) is 5.32 Å². The normalized spacial score (nSPS) is 20.5. The fraction of sp³-hybridized carbons (Fsp3) is 0.467. The number of amides is 1. The van der Waals surface area contributed by atoms with Crippen molar-refractivity contribution >= 4 is 11.9 Å². The molecule has 1 saturated heterocycles. The number of aryl methyl sites for hydroxylation is 1. The summed E-state index contributed by atoms with van der Waals surface area (Å²) in [5, 5.41) is 11.4. The number of nitrogens with one attached hydrogen (secondary N) is 1. The van der Waals surface area contributed by atoms with Gasteiger partial charge >= 0.3 is 12.6 Å². The van der Waals surface area contributed by atoms with E-state index in [0.29, 0.717) is 12.0 Å². The van der Waals surface area contributed by atoms with E-state index in [2.05, 4.69) is 10.1 Å². The summed E-state index contributed by atoms with van der Waals surface area (Å²) in [6.07, 6.45) is -1.27. The summed E-state index contributed by atoms with van der Waals surface area (Å²) in [4.78, 5) is 22.8. The zero-order chi connectivity index (χ0) is 17.0. The summed E-state index contributed by atoms with van der Waals surface area (Å²) >= 11 is 0. The van der Waals surface area contributed by atoms with Gasteiger partial charge in [-0.1, -0.05) is 17.7 Å². The molecule has 2 atom stereocenters. The van der Waals surface area contributed by atoms with Gasteiger partial charge in [-0.2, -0.15) is 8.78 Å². The fourth-order valence-electron chi connectivity index (χ4n) is 2.37. The van der Waals surface area contributed by atoms with Gasteiger partial charge in [0, 0.05) is 12.1 Å². The highest BCUT2D eigenvalue weighted by Gasteiger charge is 2.34. The molecule has 0 aromatic heterocycles. The Hall–Kier alpha value is -2.22. The second kappa shape index (κ2) is 7.36. The molecule has 2 N–H and O–H groups in total. The molecule has 1 heterocycles. The van der Waals surface area contributed by atoms with E-state index < -0.39 is 30.7 Å². The minimum Gasteiger partial charge on any atom is -0.479 e. The molecule has 0 aliphatic carbocycles. The number of carbonyl (C=O) groups excluding carboxylic acids is 1. The van der Waals surface area contributed by atoms with Crippen molar-refractivity contribution in [3.8, 4) is 5.75 Å².